The van der Waals surface area contributed by atoms with Gasteiger partial charge in [0, 0.05) is 11.9 Å². The fraction of sp³-hybridized carbons (Fsp3) is 0.118. The predicted molar refractivity (Wildman–Crippen MR) is 90.8 cm³/mol. The van der Waals surface area contributed by atoms with Crippen molar-refractivity contribution in [1.82, 2.24) is 14.5 Å². The summed E-state index contributed by atoms with van der Waals surface area (Å²) in [6, 6.07) is 11.1. The molecular formula is C17H15N3OS. The molecule has 5 heteroatoms. The topological polar surface area (TPSA) is 47.8 Å². The van der Waals surface area contributed by atoms with E-state index in [1.54, 1.807) is 22.9 Å². The molecule has 2 heterocycles. The predicted octanol–water partition coefficient (Wildman–Crippen LogP) is 3.37. The summed E-state index contributed by atoms with van der Waals surface area (Å²) in [5, 5.41) is 1.22. The van der Waals surface area contributed by atoms with Crippen LogP contribution in [0.25, 0.3) is 16.7 Å². The van der Waals surface area contributed by atoms with E-state index in [2.05, 4.69) is 16.5 Å². The summed E-state index contributed by atoms with van der Waals surface area (Å²) in [5.41, 5.74) is 1.64. The number of aromatic nitrogens is 3. The van der Waals surface area contributed by atoms with Gasteiger partial charge in [-0.15, -0.1) is 6.58 Å². The van der Waals surface area contributed by atoms with Crippen LogP contribution in [0.2, 0.25) is 0 Å². The van der Waals surface area contributed by atoms with E-state index in [1.165, 1.54) is 11.8 Å². The lowest BCUT2D eigenvalue weighted by Gasteiger charge is -2.11. The number of pyridine rings is 1. The first-order chi connectivity index (χ1) is 10.7. The van der Waals surface area contributed by atoms with Crippen LogP contribution in [0.4, 0.5) is 0 Å². The van der Waals surface area contributed by atoms with E-state index in [0.717, 1.165) is 5.56 Å². The molecule has 0 spiro atoms. The third kappa shape index (κ3) is 2.67. The summed E-state index contributed by atoms with van der Waals surface area (Å²) in [6.07, 6.45) is 3.54. The van der Waals surface area contributed by atoms with Crippen LogP contribution in [0.1, 0.15) is 5.56 Å². The molecule has 2 aromatic heterocycles. The van der Waals surface area contributed by atoms with Gasteiger partial charge in [0.25, 0.3) is 5.56 Å². The summed E-state index contributed by atoms with van der Waals surface area (Å²) in [5.74, 6) is 1.26. The van der Waals surface area contributed by atoms with Crippen molar-refractivity contribution < 1.29 is 0 Å². The van der Waals surface area contributed by atoms with Crippen LogP contribution in [0.5, 0.6) is 0 Å². The molecule has 0 saturated heterocycles. The number of para-hydroxylation sites is 1. The second-order valence-electron chi connectivity index (χ2n) is 4.85. The summed E-state index contributed by atoms with van der Waals surface area (Å²) < 4.78 is 1.57. The number of aryl methyl sites for hydroxylation is 1. The number of benzene rings is 1. The smallest absolute Gasteiger partial charge is 0.267 e. The second-order valence-corrected chi connectivity index (χ2v) is 5.83. The number of thioether (sulfide) groups is 1. The minimum absolute atomic E-state index is 0.103. The molecule has 0 aliphatic carbocycles. The summed E-state index contributed by atoms with van der Waals surface area (Å²) in [4.78, 5) is 21.8. The van der Waals surface area contributed by atoms with E-state index in [9.17, 15) is 4.79 Å². The van der Waals surface area contributed by atoms with E-state index in [1.807, 2.05) is 37.3 Å². The lowest BCUT2D eigenvalue weighted by Crippen LogP contribution is -2.22. The SMILES string of the molecule is C=CCSc1nc2ccccc2c(=O)n1-c1ccc(C)cn1. The van der Waals surface area contributed by atoms with Crippen LogP contribution < -0.4 is 5.56 Å². The van der Waals surface area contributed by atoms with Gasteiger partial charge in [-0.05, 0) is 30.7 Å². The molecule has 110 valence electrons. The molecule has 0 aliphatic heterocycles. The molecule has 0 N–H and O–H groups in total. The minimum Gasteiger partial charge on any atom is -0.268 e. The van der Waals surface area contributed by atoms with E-state index < -0.39 is 0 Å². The van der Waals surface area contributed by atoms with Crippen LogP contribution in [-0.2, 0) is 0 Å². The molecule has 0 amide bonds. The maximum atomic E-state index is 12.8. The third-order valence-corrected chi connectivity index (χ3v) is 4.13. The molecule has 22 heavy (non-hydrogen) atoms. The molecule has 0 aliphatic rings. The normalized spacial score (nSPS) is 10.8. The van der Waals surface area contributed by atoms with Crippen molar-refractivity contribution in [2.45, 2.75) is 12.1 Å². The molecule has 0 atom stereocenters. The Morgan fingerprint density at radius 2 is 2.09 bits per heavy atom. The highest BCUT2D eigenvalue weighted by molar-refractivity contribution is 7.99. The molecule has 0 unspecified atom stereocenters. The Balaban J connectivity index is 2.29. The van der Waals surface area contributed by atoms with Gasteiger partial charge < -0.3 is 0 Å². The van der Waals surface area contributed by atoms with Crippen molar-refractivity contribution in [2.24, 2.45) is 0 Å². The number of hydrogen-bond donors (Lipinski definition) is 0. The highest BCUT2D eigenvalue weighted by atomic mass is 32.2. The van der Waals surface area contributed by atoms with Crippen LogP contribution in [0.15, 0.2) is 65.2 Å². The zero-order valence-electron chi connectivity index (χ0n) is 12.2. The van der Waals surface area contributed by atoms with E-state index in [0.29, 0.717) is 27.6 Å². The third-order valence-electron chi connectivity index (χ3n) is 3.20. The lowest BCUT2D eigenvalue weighted by atomic mass is 10.2. The average molecular weight is 309 g/mol. The summed E-state index contributed by atoms with van der Waals surface area (Å²) >= 11 is 1.47. The Morgan fingerprint density at radius 3 is 2.82 bits per heavy atom. The number of rotatable bonds is 4. The Bertz CT molecular complexity index is 885. The highest BCUT2D eigenvalue weighted by Crippen LogP contribution is 2.20. The molecule has 0 radical (unpaired) electrons. The maximum Gasteiger partial charge on any atom is 0.267 e. The van der Waals surface area contributed by atoms with Crippen LogP contribution in [0, 0.1) is 6.92 Å². The van der Waals surface area contributed by atoms with Gasteiger partial charge >= 0.3 is 0 Å². The van der Waals surface area contributed by atoms with Gasteiger partial charge in [-0.1, -0.05) is 36.0 Å². The first-order valence-corrected chi connectivity index (χ1v) is 7.88. The molecular weight excluding hydrogens is 294 g/mol. The van der Waals surface area contributed by atoms with Gasteiger partial charge in [-0.3, -0.25) is 4.79 Å². The molecule has 1 aromatic carbocycles. The average Bonchev–Trinajstić information content (AvgIpc) is 2.54. The Morgan fingerprint density at radius 1 is 1.27 bits per heavy atom. The van der Waals surface area contributed by atoms with Gasteiger partial charge in [0.15, 0.2) is 5.16 Å². The van der Waals surface area contributed by atoms with E-state index in [4.69, 9.17) is 0 Å². The Kier molecular flexibility index (Phi) is 4.06. The number of hydrogen-bond acceptors (Lipinski definition) is 4. The molecule has 3 aromatic rings. The highest BCUT2D eigenvalue weighted by Gasteiger charge is 2.13. The molecule has 0 bridgehead atoms. The van der Waals surface area contributed by atoms with E-state index in [-0.39, 0.29) is 5.56 Å². The monoisotopic (exact) mass is 309 g/mol. The van der Waals surface area contributed by atoms with Crippen molar-refractivity contribution >= 4 is 22.7 Å². The zero-order valence-corrected chi connectivity index (χ0v) is 13.0. The van der Waals surface area contributed by atoms with Crippen molar-refractivity contribution in [2.75, 3.05) is 5.75 Å². The van der Waals surface area contributed by atoms with Crippen molar-refractivity contribution in [3.05, 3.63) is 71.2 Å². The largest absolute Gasteiger partial charge is 0.268 e. The fourth-order valence-electron chi connectivity index (χ4n) is 2.14. The van der Waals surface area contributed by atoms with Crippen LogP contribution in [0.3, 0.4) is 0 Å². The molecule has 0 saturated carbocycles. The number of nitrogens with zero attached hydrogens (tertiary/aromatic N) is 3. The van der Waals surface area contributed by atoms with Crippen molar-refractivity contribution in [1.29, 1.82) is 0 Å². The van der Waals surface area contributed by atoms with Gasteiger partial charge in [0.1, 0.15) is 5.82 Å². The second kappa shape index (κ2) is 6.15. The van der Waals surface area contributed by atoms with Gasteiger partial charge in [-0.25, -0.2) is 14.5 Å². The van der Waals surface area contributed by atoms with Gasteiger partial charge in [0.2, 0.25) is 0 Å². The first kappa shape index (κ1) is 14.5. The molecule has 0 fully saturated rings. The molecule has 4 nitrogen and oxygen atoms in total. The molecule has 3 rings (SSSR count). The summed E-state index contributed by atoms with van der Waals surface area (Å²) in [6.45, 7) is 5.69. The zero-order chi connectivity index (χ0) is 15.5. The van der Waals surface area contributed by atoms with Gasteiger partial charge in [-0.2, -0.15) is 0 Å². The minimum atomic E-state index is -0.103. The number of fused-ring (bicyclic) bond motifs is 1. The van der Waals surface area contributed by atoms with E-state index >= 15 is 0 Å². The standard InChI is InChI=1S/C17H15N3OS/c1-3-10-22-17-19-14-7-5-4-6-13(14)16(21)20(17)15-9-8-12(2)11-18-15/h3-9,11H,1,10H2,2H3. The maximum absolute atomic E-state index is 12.8. The summed E-state index contributed by atoms with van der Waals surface area (Å²) in [7, 11) is 0. The Labute approximate surface area is 132 Å². The quantitative estimate of drug-likeness (QED) is 0.421. The van der Waals surface area contributed by atoms with Crippen LogP contribution in [-0.4, -0.2) is 20.3 Å². The Hall–Kier alpha value is -2.40. The van der Waals surface area contributed by atoms with Gasteiger partial charge in [0.05, 0.1) is 10.9 Å². The first-order valence-electron chi connectivity index (χ1n) is 6.89. The fourth-order valence-corrected chi connectivity index (χ4v) is 2.87. The van der Waals surface area contributed by atoms with Crippen LogP contribution >= 0.6 is 11.8 Å². The van der Waals surface area contributed by atoms with Crippen molar-refractivity contribution in [3.8, 4) is 5.82 Å². The van der Waals surface area contributed by atoms with Crippen molar-refractivity contribution in [3.63, 3.8) is 0 Å². The lowest BCUT2D eigenvalue weighted by molar-refractivity contribution is 0.795.